The fourth-order valence-electron chi connectivity index (χ4n) is 1.57. The Morgan fingerprint density at radius 2 is 1.89 bits per heavy atom. The zero-order chi connectivity index (χ0) is 13.8. The van der Waals surface area contributed by atoms with E-state index < -0.39 is 15.6 Å². The number of ketones is 1. The number of rotatable bonds is 6. The molecule has 1 rings (SSSR count). The maximum absolute atomic E-state index is 11.9. The van der Waals surface area contributed by atoms with Crippen LogP contribution in [-0.4, -0.2) is 32.3 Å². The van der Waals surface area contributed by atoms with Crippen molar-refractivity contribution < 1.29 is 13.2 Å². The summed E-state index contributed by atoms with van der Waals surface area (Å²) in [5.41, 5.74) is 7.79. The molecule has 1 aromatic rings. The third-order valence-corrected chi connectivity index (χ3v) is 4.45. The fourth-order valence-corrected chi connectivity index (χ4v) is 2.89. The zero-order valence-corrected chi connectivity index (χ0v) is 11.6. The molecule has 0 saturated carbocycles. The van der Waals surface area contributed by atoms with Gasteiger partial charge in [0, 0.05) is 5.56 Å². The van der Waals surface area contributed by atoms with Crippen molar-refractivity contribution in [1.82, 2.24) is 0 Å². The third kappa shape index (κ3) is 4.23. The molecule has 18 heavy (non-hydrogen) atoms. The lowest BCUT2D eigenvalue weighted by Crippen LogP contribution is -2.20. The van der Waals surface area contributed by atoms with Crippen LogP contribution in [0.5, 0.6) is 0 Å². The van der Waals surface area contributed by atoms with Gasteiger partial charge < -0.3 is 5.73 Å². The van der Waals surface area contributed by atoms with Crippen molar-refractivity contribution >= 4 is 15.6 Å². The maximum atomic E-state index is 11.9. The van der Waals surface area contributed by atoms with E-state index >= 15 is 0 Å². The zero-order valence-electron chi connectivity index (χ0n) is 10.8. The highest BCUT2D eigenvalue weighted by atomic mass is 32.2. The first-order chi connectivity index (χ1) is 8.35. The molecule has 0 heterocycles. The molecule has 0 spiro atoms. The molecule has 0 fully saturated rings. The molecule has 5 heteroatoms. The van der Waals surface area contributed by atoms with Gasteiger partial charge in [0.2, 0.25) is 0 Å². The second-order valence-electron chi connectivity index (χ2n) is 4.46. The van der Waals surface area contributed by atoms with Crippen LogP contribution in [0, 0.1) is 13.8 Å². The lowest BCUT2D eigenvalue weighted by Gasteiger charge is -2.05. The second-order valence-corrected chi connectivity index (χ2v) is 6.64. The van der Waals surface area contributed by atoms with E-state index in [0.717, 1.165) is 11.1 Å². The highest BCUT2D eigenvalue weighted by Crippen LogP contribution is 2.11. The van der Waals surface area contributed by atoms with Crippen molar-refractivity contribution in [2.75, 3.05) is 18.1 Å². The summed E-state index contributed by atoms with van der Waals surface area (Å²) in [5.74, 6) is -0.814. The van der Waals surface area contributed by atoms with E-state index in [1.54, 1.807) is 12.1 Å². The van der Waals surface area contributed by atoms with Gasteiger partial charge in [-0.25, -0.2) is 8.42 Å². The number of nitrogens with two attached hydrogens (primary N) is 1. The van der Waals surface area contributed by atoms with E-state index in [1.807, 2.05) is 19.9 Å². The number of carbonyl (C=O) groups excluding carboxylic acids is 1. The van der Waals surface area contributed by atoms with Crippen LogP contribution in [0.25, 0.3) is 0 Å². The first kappa shape index (κ1) is 14.9. The van der Waals surface area contributed by atoms with Crippen LogP contribution in [0.4, 0.5) is 0 Å². The summed E-state index contributed by atoms with van der Waals surface area (Å²) in [6.45, 7) is 4.16. The quantitative estimate of drug-likeness (QED) is 0.788. The molecular formula is C13H19NO3S. The minimum Gasteiger partial charge on any atom is -0.330 e. The van der Waals surface area contributed by atoms with Crippen LogP contribution in [0.1, 0.15) is 27.9 Å². The normalized spacial score (nSPS) is 11.5. The largest absolute Gasteiger partial charge is 0.330 e. The molecule has 0 unspecified atom stereocenters. The lowest BCUT2D eigenvalue weighted by molar-refractivity contribution is 0.102. The van der Waals surface area contributed by atoms with Gasteiger partial charge in [-0.2, -0.15) is 0 Å². The summed E-state index contributed by atoms with van der Waals surface area (Å²) >= 11 is 0. The van der Waals surface area contributed by atoms with Crippen molar-refractivity contribution in [1.29, 1.82) is 0 Å². The average Bonchev–Trinajstić information content (AvgIpc) is 2.29. The van der Waals surface area contributed by atoms with Gasteiger partial charge in [-0.1, -0.05) is 12.1 Å². The van der Waals surface area contributed by atoms with Gasteiger partial charge in [0.25, 0.3) is 0 Å². The van der Waals surface area contributed by atoms with Crippen LogP contribution in [0.2, 0.25) is 0 Å². The lowest BCUT2D eigenvalue weighted by atomic mass is 10.0. The van der Waals surface area contributed by atoms with E-state index in [1.165, 1.54) is 0 Å². The third-order valence-electron chi connectivity index (χ3n) is 2.84. The van der Waals surface area contributed by atoms with Crippen molar-refractivity contribution in [3.63, 3.8) is 0 Å². The number of hydrogen-bond donors (Lipinski definition) is 1. The molecule has 4 nitrogen and oxygen atoms in total. The SMILES string of the molecule is Cc1ccc(C(=O)CS(=O)(=O)CCCN)cc1C. The Labute approximate surface area is 108 Å². The molecule has 100 valence electrons. The second kappa shape index (κ2) is 6.11. The summed E-state index contributed by atoms with van der Waals surface area (Å²) in [4.78, 5) is 11.9. The molecule has 0 aliphatic heterocycles. The van der Waals surface area contributed by atoms with Gasteiger partial charge in [0.15, 0.2) is 15.6 Å². The van der Waals surface area contributed by atoms with Crippen molar-refractivity contribution in [2.24, 2.45) is 5.73 Å². The van der Waals surface area contributed by atoms with Crippen molar-refractivity contribution in [2.45, 2.75) is 20.3 Å². The molecule has 0 aromatic heterocycles. The average molecular weight is 269 g/mol. The van der Waals surface area contributed by atoms with Gasteiger partial charge in [-0.15, -0.1) is 0 Å². The smallest absolute Gasteiger partial charge is 0.177 e. The number of benzene rings is 1. The molecule has 0 bridgehead atoms. The highest BCUT2D eigenvalue weighted by Gasteiger charge is 2.17. The van der Waals surface area contributed by atoms with Crippen molar-refractivity contribution in [3.8, 4) is 0 Å². The minimum atomic E-state index is -3.34. The molecule has 0 aliphatic carbocycles. The number of sulfone groups is 1. The van der Waals surface area contributed by atoms with E-state index in [-0.39, 0.29) is 11.5 Å². The minimum absolute atomic E-state index is 0.0277. The Kier molecular flexibility index (Phi) is 5.04. The van der Waals surface area contributed by atoms with Gasteiger partial charge in [-0.05, 0) is 44.0 Å². The number of carbonyl (C=O) groups is 1. The first-order valence-corrected chi connectivity index (χ1v) is 7.69. The Morgan fingerprint density at radius 1 is 1.22 bits per heavy atom. The standard InChI is InChI=1S/C13H19NO3S/c1-10-4-5-12(8-11(10)2)13(15)9-18(16,17)7-3-6-14/h4-5,8H,3,6-7,9,14H2,1-2H3. The maximum Gasteiger partial charge on any atom is 0.177 e. The highest BCUT2D eigenvalue weighted by molar-refractivity contribution is 7.92. The topological polar surface area (TPSA) is 77.2 Å². The summed E-state index contributed by atoms with van der Waals surface area (Å²) < 4.78 is 23.3. The fraction of sp³-hybridized carbons (Fsp3) is 0.462. The van der Waals surface area contributed by atoms with Crippen LogP contribution in [0.3, 0.4) is 0 Å². The van der Waals surface area contributed by atoms with Gasteiger partial charge in [-0.3, -0.25) is 4.79 Å². The van der Waals surface area contributed by atoms with Crippen LogP contribution < -0.4 is 5.73 Å². The number of Topliss-reactive ketones (excluding diaryl/α,β-unsaturated/α-hetero) is 1. The summed E-state index contributed by atoms with van der Waals surface area (Å²) in [6.07, 6.45) is 0.391. The molecule has 0 aliphatic rings. The van der Waals surface area contributed by atoms with Crippen LogP contribution in [0.15, 0.2) is 18.2 Å². The summed E-state index contributed by atoms with van der Waals surface area (Å²) in [5, 5.41) is 0. The van der Waals surface area contributed by atoms with E-state index in [9.17, 15) is 13.2 Å². The molecule has 0 atom stereocenters. The molecule has 1 aromatic carbocycles. The monoisotopic (exact) mass is 269 g/mol. The van der Waals surface area contributed by atoms with Gasteiger partial charge in [0.05, 0.1) is 5.75 Å². The van der Waals surface area contributed by atoms with Gasteiger partial charge >= 0.3 is 0 Å². The molecule has 0 saturated heterocycles. The Hall–Kier alpha value is -1.20. The van der Waals surface area contributed by atoms with Gasteiger partial charge in [0.1, 0.15) is 5.75 Å². The Balaban J connectivity index is 2.79. The van der Waals surface area contributed by atoms with E-state index in [2.05, 4.69) is 0 Å². The van der Waals surface area contributed by atoms with Crippen LogP contribution in [-0.2, 0) is 9.84 Å². The molecule has 2 N–H and O–H groups in total. The Morgan fingerprint density at radius 3 is 2.44 bits per heavy atom. The number of aryl methyl sites for hydroxylation is 2. The predicted molar refractivity (Wildman–Crippen MR) is 72.6 cm³/mol. The molecule has 0 radical (unpaired) electrons. The summed E-state index contributed by atoms with van der Waals surface area (Å²) in [6, 6.07) is 5.23. The predicted octanol–water partition coefficient (Wildman–Crippen LogP) is 1.25. The molecular weight excluding hydrogens is 250 g/mol. The summed E-state index contributed by atoms with van der Waals surface area (Å²) in [7, 11) is -3.34. The van der Waals surface area contributed by atoms with E-state index in [0.29, 0.717) is 18.5 Å². The first-order valence-electron chi connectivity index (χ1n) is 5.86. The Bertz CT molecular complexity index is 535. The number of hydrogen-bond acceptors (Lipinski definition) is 4. The van der Waals surface area contributed by atoms with Crippen molar-refractivity contribution in [3.05, 3.63) is 34.9 Å². The van der Waals surface area contributed by atoms with E-state index in [4.69, 9.17) is 5.73 Å². The van der Waals surface area contributed by atoms with Crippen LogP contribution >= 0.6 is 0 Å². The molecule has 0 amide bonds.